The van der Waals surface area contributed by atoms with Crippen molar-refractivity contribution in [3.05, 3.63) is 0 Å². The molecule has 8 radical (unpaired) electrons. The van der Waals surface area contributed by atoms with Crippen LogP contribution in [0.15, 0.2) is 0 Å². The molecular formula is BO3Pb2Zn-. The van der Waals surface area contributed by atoms with Crippen LogP contribution in [-0.2, 0) is 19.5 Å². The van der Waals surface area contributed by atoms with Crippen molar-refractivity contribution in [3.63, 3.8) is 0 Å². The fourth-order valence-corrected chi connectivity index (χ4v) is 0. The minimum atomic E-state index is -2.92. The van der Waals surface area contributed by atoms with E-state index in [1.165, 1.54) is 0 Å². The van der Waals surface area contributed by atoms with Gasteiger partial charge in [-0.1, -0.05) is 0 Å². The molecule has 0 atom stereocenters. The maximum absolute atomic E-state index is 8.42. The molecule has 0 heterocycles. The van der Waals surface area contributed by atoms with Crippen LogP contribution in [0.1, 0.15) is 0 Å². The third-order valence-corrected chi connectivity index (χ3v) is 0. The second-order valence-corrected chi connectivity index (χ2v) is 0.289. The molecule has 3 nitrogen and oxygen atoms in total. The van der Waals surface area contributed by atoms with E-state index in [4.69, 9.17) is 15.1 Å². The van der Waals surface area contributed by atoms with Gasteiger partial charge in [-0.05, 0) is 0 Å². The predicted octanol–water partition coefficient (Wildman–Crippen LogP) is -4.71. The maximum atomic E-state index is 8.42. The van der Waals surface area contributed by atoms with Crippen LogP contribution in [0.2, 0.25) is 0 Å². The molecule has 7 heavy (non-hydrogen) atoms. The Morgan fingerprint density at radius 3 is 0.857 bits per heavy atom. The molecule has 0 amide bonds. The van der Waals surface area contributed by atoms with Gasteiger partial charge in [0.25, 0.3) is 0 Å². The molecule has 0 aromatic rings. The molecule has 0 aromatic carbocycles. The Balaban J connectivity index is -0.0000000150. The molecule has 7 heteroatoms. The first-order valence-corrected chi connectivity index (χ1v) is 0.707. The summed E-state index contributed by atoms with van der Waals surface area (Å²) in [5.41, 5.74) is 0. The molecule has 0 aromatic heterocycles. The van der Waals surface area contributed by atoms with Crippen LogP contribution in [0.3, 0.4) is 0 Å². The normalized spacial score (nSPS) is 3.86. The summed E-state index contributed by atoms with van der Waals surface area (Å²) in [5, 5.41) is 25.2. The van der Waals surface area contributed by atoms with E-state index in [1.807, 2.05) is 0 Å². The quantitative estimate of drug-likeness (QED) is 0.291. The van der Waals surface area contributed by atoms with Crippen molar-refractivity contribution in [2.45, 2.75) is 0 Å². The standard InChI is InChI=1S/BO3.2Pb.Zn/c2-1(3)4;;;/q-3;;;+2. The Kier molecular flexibility index (Phi) is 51.3. The van der Waals surface area contributed by atoms with E-state index in [-0.39, 0.29) is 74.1 Å². The van der Waals surface area contributed by atoms with Crippen LogP contribution in [0.4, 0.5) is 0 Å². The second-order valence-electron chi connectivity index (χ2n) is 0.289. The predicted molar refractivity (Wildman–Crippen MR) is 17.3 cm³/mol. The average Bonchev–Trinajstić information content (AvgIpc) is 0.811. The van der Waals surface area contributed by atoms with Crippen molar-refractivity contribution in [3.8, 4) is 0 Å². The number of hydrogen-bond acceptors (Lipinski definition) is 3. The first kappa shape index (κ1) is 22.7. The van der Waals surface area contributed by atoms with Gasteiger partial charge >= 0.3 is 19.5 Å². The van der Waals surface area contributed by atoms with Crippen molar-refractivity contribution in [1.82, 2.24) is 0 Å². The van der Waals surface area contributed by atoms with E-state index in [2.05, 4.69) is 0 Å². The van der Waals surface area contributed by atoms with E-state index in [9.17, 15) is 0 Å². The molecule has 0 rings (SSSR count). The summed E-state index contributed by atoms with van der Waals surface area (Å²) in [6.45, 7) is 0. The van der Waals surface area contributed by atoms with E-state index in [0.29, 0.717) is 0 Å². The fraction of sp³-hybridized carbons (Fsp3) is 0. The smallest absolute Gasteiger partial charge is 0.907 e. The SMILES string of the molecule is [O-]B([O-])[O-].[Pb].[Pb].[Zn+2]. The molecule has 0 aliphatic rings. The third kappa shape index (κ3) is 59.4. The van der Waals surface area contributed by atoms with Gasteiger partial charge in [0, 0.05) is 54.6 Å². The zero-order chi connectivity index (χ0) is 3.58. The third-order valence-electron chi connectivity index (χ3n) is 0. The fourth-order valence-electron chi connectivity index (χ4n) is 0. The largest absolute Gasteiger partial charge is 2.00 e. The summed E-state index contributed by atoms with van der Waals surface area (Å²) in [6, 6.07) is 0. The summed E-state index contributed by atoms with van der Waals surface area (Å²) >= 11 is 0. The van der Waals surface area contributed by atoms with E-state index < -0.39 is 7.32 Å². The Hall–Kier alpha value is 2.41. The molecule has 0 aliphatic carbocycles. The minimum absolute atomic E-state index is 0. The van der Waals surface area contributed by atoms with Crippen LogP contribution in [0, 0.1) is 0 Å². The summed E-state index contributed by atoms with van der Waals surface area (Å²) < 4.78 is 0. The number of rotatable bonds is 0. The Bertz CT molecular complexity index is 17.7. The van der Waals surface area contributed by atoms with Crippen molar-refractivity contribution in [2.24, 2.45) is 0 Å². The van der Waals surface area contributed by atoms with Crippen LogP contribution in [0.5, 0.6) is 0 Å². The van der Waals surface area contributed by atoms with Crippen molar-refractivity contribution in [2.75, 3.05) is 0 Å². The summed E-state index contributed by atoms with van der Waals surface area (Å²) in [6.07, 6.45) is 0. The summed E-state index contributed by atoms with van der Waals surface area (Å²) in [4.78, 5) is 0. The zero-order valence-electron chi connectivity index (χ0n) is 3.51. The Labute approximate surface area is 95.1 Å². The first-order chi connectivity index (χ1) is 1.73. The van der Waals surface area contributed by atoms with Gasteiger partial charge < -0.3 is 15.1 Å². The van der Waals surface area contributed by atoms with Gasteiger partial charge in [-0.2, -0.15) is 0 Å². The van der Waals surface area contributed by atoms with Crippen LogP contribution in [0.25, 0.3) is 0 Å². The van der Waals surface area contributed by atoms with Gasteiger partial charge in [0.15, 0.2) is 0 Å². The van der Waals surface area contributed by atoms with Crippen molar-refractivity contribution < 1.29 is 34.6 Å². The first-order valence-electron chi connectivity index (χ1n) is 0.707. The monoisotopic (exact) mass is 539 g/mol. The van der Waals surface area contributed by atoms with Crippen LogP contribution in [-0.4, -0.2) is 61.9 Å². The molecule has 0 bridgehead atoms. The van der Waals surface area contributed by atoms with E-state index in [0.717, 1.165) is 0 Å². The zero-order valence-corrected chi connectivity index (χ0v) is 14.3. The van der Waals surface area contributed by atoms with Crippen LogP contribution < -0.4 is 15.1 Å². The van der Waals surface area contributed by atoms with E-state index >= 15 is 0 Å². The van der Waals surface area contributed by atoms with Gasteiger partial charge in [0.2, 0.25) is 0 Å². The van der Waals surface area contributed by atoms with Gasteiger partial charge in [0.1, 0.15) is 0 Å². The maximum Gasteiger partial charge on any atom is 2.00 e. The molecule has 32 valence electrons. The average molecular weight is 539 g/mol. The van der Waals surface area contributed by atoms with Crippen molar-refractivity contribution in [1.29, 1.82) is 0 Å². The van der Waals surface area contributed by atoms with Crippen molar-refractivity contribution >= 4 is 61.9 Å². The summed E-state index contributed by atoms with van der Waals surface area (Å²) in [7, 11) is -2.92. The number of hydrogen-bond donors (Lipinski definition) is 0. The van der Waals surface area contributed by atoms with Gasteiger partial charge in [0.05, 0.1) is 0 Å². The topological polar surface area (TPSA) is 69.2 Å². The minimum Gasteiger partial charge on any atom is -0.907 e. The van der Waals surface area contributed by atoms with Gasteiger partial charge in [-0.15, -0.1) is 0 Å². The molecular weight excluding hydrogens is 539 g/mol. The molecule has 0 N–H and O–H groups in total. The van der Waals surface area contributed by atoms with E-state index in [1.54, 1.807) is 0 Å². The Morgan fingerprint density at radius 2 is 0.857 bits per heavy atom. The van der Waals surface area contributed by atoms with Crippen LogP contribution >= 0.6 is 0 Å². The molecule has 0 unspecified atom stereocenters. The molecule has 0 saturated carbocycles. The molecule has 0 fully saturated rings. The second kappa shape index (κ2) is 15.8. The summed E-state index contributed by atoms with van der Waals surface area (Å²) in [5.74, 6) is 0. The Morgan fingerprint density at radius 1 is 0.857 bits per heavy atom. The molecule has 0 spiro atoms. The molecule has 0 aliphatic heterocycles. The van der Waals surface area contributed by atoms with Gasteiger partial charge in [-0.25, -0.2) is 0 Å². The van der Waals surface area contributed by atoms with Gasteiger partial charge in [-0.3, -0.25) is 7.32 Å². The molecule has 0 saturated heterocycles.